The summed E-state index contributed by atoms with van der Waals surface area (Å²) in [5, 5.41) is 11.9. The van der Waals surface area contributed by atoms with Gasteiger partial charge in [0.15, 0.2) is 0 Å². The lowest BCUT2D eigenvalue weighted by molar-refractivity contribution is 0.0165. The molecule has 0 unspecified atom stereocenters. The van der Waals surface area contributed by atoms with Crippen LogP contribution in [0.15, 0.2) is 54.0 Å². The molecule has 164 valence electrons. The van der Waals surface area contributed by atoms with Crippen LogP contribution in [0.3, 0.4) is 0 Å². The number of aliphatic hydroxyl groups excluding tert-OH is 1. The maximum atomic E-state index is 14.5. The number of hydrogen-bond donors (Lipinski definition) is 4. The zero-order valence-electron chi connectivity index (χ0n) is 16.8. The van der Waals surface area contributed by atoms with E-state index in [1.54, 1.807) is 35.0 Å². The van der Waals surface area contributed by atoms with E-state index in [0.29, 0.717) is 29.3 Å². The van der Waals surface area contributed by atoms with E-state index in [1.807, 2.05) is 12.1 Å². The van der Waals surface area contributed by atoms with Gasteiger partial charge in [-0.1, -0.05) is 12.1 Å². The van der Waals surface area contributed by atoms with E-state index in [4.69, 9.17) is 15.7 Å². The fourth-order valence-corrected chi connectivity index (χ4v) is 3.78. The molecule has 4 aromatic rings. The average Bonchev–Trinajstić information content (AvgIpc) is 3.26. The molecule has 2 aromatic heterocycles. The molecule has 0 aliphatic heterocycles. The molecule has 0 saturated heterocycles. The van der Waals surface area contributed by atoms with Gasteiger partial charge >= 0.3 is 0 Å². The third-order valence-electron chi connectivity index (χ3n) is 4.65. The molecule has 0 aliphatic rings. The first kappa shape index (κ1) is 21.6. The molecule has 0 spiro atoms. The van der Waals surface area contributed by atoms with Crippen LogP contribution in [0.4, 0.5) is 15.9 Å². The number of halogens is 1. The lowest BCUT2D eigenvalue weighted by Gasteiger charge is -2.11. The van der Waals surface area contributed by atoms with Gasteiger partial charge in [0.05, 0.1) is 45.9 Å². The maximum absolute atomic E-state index is 14.5. The summed E-state index contributed by atoms with van der Waals surface area (Å²) in [5.41, 5.74) is 13.2. The van der Waals surface area contributed by atoms with Crippen molar-refractivity contribution in [1.82, 2.24) is 15.4 Å². The molecule has 8 nitrogen and oxygen atoms in total. The minimum atomic E-state index is -0.743. The molecule has 0 aliphatic carbocycles. The van der Waals surface area contributed by atoms with Crippen molar-refractivity contribution in [3.05, 3.63) is 71.0 Å². The number of nitrogens with two attached hydrogens (primary N) is 1. The first-order valence-corrected chi connectivity index (χ1v) is 10.6. The van der Waals surface area contributed by atoms with Crippen molar-refractivity contribution >= 4 is 39.0 Å². The maximum Gasteiger partial charge on any atom is 0.277 e. The SMILES string of the molecule is Nc1ccc(-c2ccc(C(=O)NOCCO)c(F)c2)nc1NCc1ccc2ncsc2c1. The topological polar surface area (TPSA) is 122 Å². The quantitative estimate of drug-likeness (QED) is 0.238. The number of aliphatic hydroxyl groups is 1. The van der Waals surface area contributed by atoms with E-state index in [-0.39, 0.29) is 18.8 Å². The molecule has 1 amide bonds. The van der Waals surface area contributed by atoms with Gasteiger partial charge in [-0.25, -0.2) is 19.8 Å². The zero-order valence-corrected chi connectivity index (χ0v) is 17.7. The third kappa shape index (κ3) is 4.83. The number of hydrogen-bond acceptors (Lipinski definition) is 8. The number of benzene rings is 2. The molecule has 0 atom stereocenters. The number of fused-ring (bicyclic) bond motifs is 1. The molecule has 2 aromatic carbocycles. The van der Waals surface area contributed by atoms with Gasteiger partial charge < -0.3 is 16.2 Å². The van der Waals surface area contributed by atoms with Crippen LogP contribution in [0.1, 0.15) is 15.9 Å². The van der Waals surface area contributed by atoms with Crippen LogP contribution in [0, 0.1) is 5.82 Å². The van der Waals surface area contributed by atoms with Crippen LogP contribution in [0.2, 0.25) is 0 Å². The zero-order chi connectivity index (χ0) is 22.5. The number of nitrogens with one attached hydrogen (secondary N) is 2. The summed E-state index contributed by atoms with van der Waals surface area (Å²) in [6.07, 6.45) is 0. The average molecular weight is 453 g/mol. The van der Waals surface area contributed by atoms with Gasteiger partial charge in [0, 0.05) is 12.1 Å². The summed E-state index contributed by atoms with van der Waals surface area (Å²) >= 11 is 1.57. The Labute approximate surface area is 186 Å². The number of carbonyl (C=O) groups excluding carboxylic acids is 1. The first-order valence-electron chi connectivity index (χ1n) is 9.70. The van der Waals surface area contributed by atoms with Crippen LogP contribution >= 0.6 is 11.3 Å². The Morgan fingerprint density at radius 2 is 2.06 bits per heavy atom. The number of carbonyl (C=O) groups is 1. The fraction of sp³-hybridized carbons (Fsp3) is 0.136. The molecule has 10 heteroatoms. The number of pyridine rings is 1. The summed E-state index contributed by atoms with van der Waals surface area (Å²) in [7, 11) is 0. The Morgan fingerprint density at radius 3 is 2.88 bits per heavy atom. The molecule has 0 fully saturated rings. The van der Waals surface area contributed by atoms with Crippen molar-refractivity contribution < 1.29 is 19.1 Å². The monoisotopic (exact) mass is 453 g/mol. The Balaban J connectivity index is 1.50. The smallest absolute Gasteiger partial charge is 0.277 e. The minimum absolute atomic E-state index is 0.0886. The second-order valence-electron chi connectivity index (χ2n) is 6.84. The molecule has 0 bridgehead atoms. The van der Waals surface area contributed by atoms with Crippen molar-refractivity contribution in [2.75, 3.05) is 24.3 Å². The first-order chi connectivity index (χ1) is 15.5. The lowest BCUT2D eigenvalue weighted by atomic mass is 10.1. The molecular formula is C22H20FN5O3S. The fourth-order valence-electron chi connectivity index (χ4n) is 3.04. The highest BCUT2D eigenvalue weighted by Gasteiger charge is 2.14. The highest BCUT2D eigenvalue weighted by atomic mass is 32.1. The summed E-state index contributed by atoms with van der Waals surface area (Å²) in [4.78, 5) is 25.5. The van der Waals surface area contributed by atoms with Crippen LogP contribution in [-0.2, 0) is 11.4 Å². The predicted octanol–water partition coefficient (Wildman–Crippen LogP) is 3.35. The van der Waals surface area contributed by atoms with Gasteiger partial charge in [0.25, 0.3) is 5.91 Å². The molecule has 0 saturated carbocycles. The second kappa shape index (κ2) is 9.69. The Bertz CT molecular complexity index is 1260. The Kier molecular flexibility index (Phi) is 6.55. The highest BCUT2D eigenvalue weighted by molar-refractivity contribution is 7.16. The van der Waals surface area contributed by atoms with Gasteiger partial charge in [-0.2, -0.15) is 0 Å². The van der Waals surface area contributed by atoms with Crippen molar-refractivity contribution in [1.29, 1.82) is 0 Å². The predicted molar refractivity (Wildman–Crippen MR) is 121 cm³/mol. The third-order valence-corrected chi connectivity index (χ3v) is 5.44. The van der Waals surface area contributed by atoms with E-state index in [1.165, 1.54) is 12.1 Å². The molecule has 2 heterocycles. The normalized spacial score (nSPS) is 10.9. The van der Waals surface area contributed by atoms with Crippen LogP contribution in [-0.4, -0.2) is 34.2 Å². The van der Waals surface area contributed by atoms with Gasteiger partial charge in [0.1, 0.15) is 11.6 Å². The standard InChI is InChI=1S/C22H20FN5O3S/c23-16-10-14(2-3-15(16)22(30)28-31-8-7-29)18-6-4-17(24)21(27-18)25-11-13-1-5-19-20(9-13)32-12-26-19/h1-6,9-10,12,29H,7-8,11,24H2,(H,25,27)(H,28,30). The second-order valence-corrected chi connectivity index (χ2v) is 7.73. The van der Waals surface area contributed by atoms with Gasteiger partial charge in [-0.3, -0.25) is 9.63 Å². The van der Waals surface area contributed by atoms with E-state index >= 15 is 0 Å². The summed E-state index contributed by atoms with van der Waals surface area (Å²) in [6.45, 7) is 0.158. The van der Waals surface area contributed by atoms with Crippen LogP contribution in [0.5, 0.6) is 0 Å². The van der Waals surface area contributed by atoms with Crippen LogP contribution < -0.4 is 16.5 Å². The molecular weight excluding hydrogens is 433 g/mol. The molecule has 0 radical (unpaired) electrons. The summed E-state index contributed by atoms with van der Waals surface area (Å²) < 4.78 is 15.6. The summed E-state index contributed by atoms with van der Waals surface area (Å²) in [6, 6.07) is 13.5. The van der Waals surface area contributed by atoms with Gasteiger partial charge in [-0.05, 0) is 42.0 Å². The number of amides is 1. The lowest BCUT2D eigenvalue weighted by Crippen LogP contribution is -2.26. The van der Waals surface area contributed by atoms with Gasteiger partial charge in [-0.15, -0.1) is 11.3 Å². The minimum Gasteiger partial charge on any atom is -0.396 e. The number of aromatic nitrogens is 2. The number of anilines is 2. The summed E-state index contributed by atoms with van der Waals surface area (Å²) in [5.74, 6) is -0.988. The molecule has 4 rings (SSSR count). The van der Waals surface area contributed by atoms with Crippen molar-refractivity contribution in [3.8, 4) is 11.3 Å². The largest absolute Gasteiger partial charge is 0.396 e. The molecule has 32 heavy (non-hydrogen) atoms. The highest BCUT2D eigenvalue weighted by Crippen LogP contribution is 2.26. The van der Waals surface area contributed by atoms with E-state index < -0.39 is 11.7 Å². The number of nitrogen functional groups attached to an aromatic ring is 1. The van der Waals surface area contributed by atoms with Crippen molar-refractivity contribution in [2.45, 2.75) is 6.54 Å². The number of thiazole rings is 1. The van der Waals surface area contributed by atoms with E-state index in [0.717, 1.165) is 15.8 Å². The number of rotatable bonds is 8. The van der Waals surface area contributed by atoms with Crippen molar-refractivity contribution in [2.24, 2.45) is 0 Å². The number of nitrogens with zero attached hydrogens (tertiary/aromatic N) is 2. The van der Waals surface area contributed by atoms with E-state index in [2.05, 4.69) is 26.8 Å². The number of hydroxylamine groups is 1. The Morgan fingerprint density at radius 1 is 1.19 bits per heavy atom. The Hall–Kier alpha value is -3.60. The van der Waals surface area contributed by atoms with E-state index in [9.17, 15) is 9.18 Å². The van der Waals surface area contributed by atoms with Gasteiger partial charge in [0.2, 0.25) is 0 Å². The van der Waals surface area contributed by atoms with Crippen molar-refractivity contribution in [3.63, 3.8) is 0 Å². The van der Waals surface area contributed by atoms with Crippen LogP contribution in [0.25, 0.3) is 21.5 Å². The molecule has 5 N–H and O–H groups in total.